The minimum atomic E-state index is -0.396. The molecule has 0 unspecified atom stereocenters. The molecule has 0 saturated carbocycles. The first-order chi connectivity index (χ1) is 9.79. The van der Waals surface area contributed by atoms with Crippen LogP contribution in [0.2, 0.25) is 0 Å². The van der Waals surface area contributed by atoms with Gasteiger partial charge < -0.3 is 10.6 Å². The fourth-order valence-corrected chi connectivity index (χ4v) is 2.28. The lowest BCUT2D eigenvalue weighted by Gasteiger charge is -2.04. The van der Waals surface area contributed by atoms with E-state index in [1.165, 1.54) is 6.20 Å². The molecule has 0 saturated heterocycles. The second kappa shape index (κ2) is 7.36. The number of rotatable bonds is 4. The molecule has 0 aromatic heterocycles. The molecule has 0 atom stereocenters. The standard InChI is InChI=1S/C14H14N4OS/c15-8-12(10-18-14-16-6-7-20-14)13(19)17-9-11-4-2-1-3-5-11/h1-5,10H,6-7,9H2,(H,16,18)(H,17,19)/b12-10-. The Morgan fingerprint density at radius 2 is 2.25 bits per heavy atom. The van der Waals surface area contributed by atoms with E-state index in [1.54, 1.807) is 11.8 Å². The molecule has 2 rings (SSSR count). The number of nitriles is 1. The molecule has 0 radical (unpaired) electrons. The maximum Gasteiger partial charge on any atom is 0.263 e. The number of benzene rings is 1. The van der Waals surface area contributed by atoms with Crippen molar-refractivity contribution in [3.63, 3.8) is 0 Å². The number of carbonyl (C=O) groups excluding carboxylic acids is 1. The average molecular weight is 286 g/mol. The number of hydrogen-bond donors (Lipinski definition) is 2. The molecule has 1 aliphatic rings. The Morgan fingerprint density at radius 1 is 1.45 bits per heavy atom. The van der Waals surface area contributed by atoms with Gasteiger partial charge in [0.2, 0.25) is 0 Å². The number of thioether (sulfide) groups is 1. The van der Waals surface area contributed by atoms with Gasteiger partial charge in [-0.15, -0.1) is 0 Å². The van der Waals surface area contributed by atoms with Gasteiger partial charge in [0.25, 0.3) is 5.91 Å². The van der Waals surface area contributed by atoms with Gasteiger partial charge in [0.1, 0.15) is 11.6 Å². The molecule has 102 valence electrons. The predicted molar refractivity (Wildman–Crippen MR) is 79.9 cm³/mol. The number of hydrogen-bond acceptors (Lipinski definition) is 5. The van der Waals surface area contributed by atoms with Gasteiger partial charge in [-0.2, -0.15) is 5.26 Å². The first kappa shape index (κ1) is 14.2. The van der Waals surface area contributed by atoms with Crippen molar-refractivity contribution in [3.8, 4) is 6.07 Å². The van der Waals surface area contributed by atoms with Crippen LogP contribution in [0.5, 0.6) is 0 Å². The molecular formula is C14H14N4OS. The van der Waals surface area contributed by atoms with Crippen LogP contribution in [0, 0.1) is 11.3 Å². The number of amidine groups is 1. The normalized spacial score (nSPS) is 14.3. The second-order valence-corrected chi connectivity index (χ2v) is 5.10. The first-order valence-corrected chi connectivity index (χ1v) is 7.14. The summed E-state index contributed by atoms with van der Waals surface area (Å²) >= 11 is 1.57. The van der Waals surface area contributed by atoms with Crippen LogP contribution in [0.15, 0.2) is 47.1 Å². The SMILES string of the molecule is N#C/C(=C/NC1=NCCS1)C(=O)NCc1ccccc1. The maximum absolute atomic E-state index is 11.9. The van der Waals surface area contributed by atoms with Crippen LogP contribution in [0.4, 0.5) is 0 Å². The topological polar surface area (TPSA) is 77.3 Å². The summed E-state index contributed by atoms with van der Waals surface area (Å²) in [5.74, 6) is 0.533. The van der Waals surface area contributed by atoms with Gasteiger partial charge in [-0.05, 0) is 5.56 Å². The summed E-state index contributed by atoms with van der Waals surface area (Å²) in [7, 11) is 0. The summed E-state index contributed by atoms with van der Waals surface area (Å²) in [5, 5.41) is 15.3. The summed E-state index contributed by atoms with van der Waals surface area (Å²) in [6.07, 6.45) is 1.40. The first-order valence-electron chi connectivity index (χ1n) is 6.16. The summed E-state index contributed by atoms with van der Waals surface area (Å²) in [4.78, 5) is 16.0. The van der Waals surface area contributed by atoms with Crippen LogP contribution in [0.3, 0.4) is 0 Å². The molecular weight excluding hydrogens is 272 g/mol. The second-order valence-electron chi connectivity index (χ2n) is 4.02. The van der Waals surface area contributed by atoms with Crippen LogP contribution in [0.1, 0.15) is 5.56 Å². The van der Waals surface area contributed by atoms with E-state index in [0.717, 1.165) is 23.0 Å². The van der Waals surface area contributed by atoms with Crippen molar-refractivity contribution in [2.75, 3.05) is 12.3 Å². The lowest BCUT2D eigenvalue weighted by atomic mass is 10.2. The molecule has 1 aliphatic heterocycles. The average Bonchev–Trinajstić information content (AvgIpc) is 3.00. The summed E-state index contributed by atoms with van der Waals surface area (Å²) < 4.78 is 0. The zero-order chi connectivity index (χ0) is 14.2. The lowest BCUT2D eigenvalue weighted by molar-refractivity contribution is -0.117. The molecule has 1 aromatic carbocycles. The Labute approximate surface area is 121 Å². The Bertz CT molecular complexity index is 575. The minimum absolute atomic E-state index is 0.0381. The Balaban J connectivity index is 1.88. The highest BCUT2D eigenvalue weighted by Crippen LogP contribution is 2.09. The quantitative estimate of drug-likeness (QED) is 0.648. The number of nitrogens with zero attached hydrogens (tertiary/aromatic N) is 2. The van der Waals surface area contributed by atoms with E-state index in [9.17, 15) is 4.79 Å². The van der Waals surface area contributed by atoms with E-state index in [2.05, 4.69) is 15.6 Å². The van der Waals surface area contributed by atoms with Crippen LogP contribution in [0.25, 0.3) is 0 Å². The Morgan fingerprint density at radius 3 is 2.90 bits per heavy atom. The van der Waals surface area contributed by atoms with Crippen LogP contribution in [-0.4, -0.2) is 23.4 Å². The van der Waals surface area contributed by atoms with Crippen LogP contribution >= 0.6 is 11.8 Å². The van der Waals surface area contributed by atoms with E-state index < -0.39 is 5.91 Å². The number of aliphatic imine (C=N–C) groups is 1. The highest BCUT2D eigenvalue weighted by Gasteiger charge is 2.10. The van der Waals surface area contributed by atoms with Gasteiger partial charge in [-0.3, -0.25) is 9.79 Å². The summed E-state index contributed by atoms with van der Waals surface area (Å²) in [6, 6.07) is 11.4. The molecule has 5 nitrogen and oxygen atoms in total. The molecule has 0 spiro atoms. The van der Waals surface area contributed by atoms with Crippen molar-refractivity contribution in [3.05, 3.63) is 47.7 Å². The predicted octanol–water partition coefficient (Wildman–Crippen LogP) is 1.40. The van der Waals surface area contributed by atoms with E-state index in [4.69, 9.17) is 5.26 Å². The molecule has 20 heavy (non-hydrogen) atoms. The fourth-order valence-electron chi connectivity index (χ4n) is 1.58. The Hall–Kier alpha value is -2.26. The van der Waals surface area contributed by atoms with Gasteiger partial charge >= 0.3 is 0 Å². The third-order valence-corrected chi connectivity index (χ3v) is 3.49. The lowest BCUT2D eigenvalue weighted by Crippen LogP contribution is -2.25. The van der Waals surface area contributed by atoms with E-state index in [-0.39, 0.29) is 5.57 Å². The highest BCUT2D eigenvalue weighted by molar-refractivity contribution is 8.14. The summed E-state index contributed by atoms with van der Waals surface area (Å²) in [5.41, 5.74) is 1.03. The van der Waals surface area contributed by atoms with Crippen molar-refractivity contribution in [1.29, 1.82) is 5.26 Å². The molecule has 2 N–H and O–H groups in total. The number of amides is 1. The fraction of sp³-hybridized carbons (Fsp3) is 0.214. The zero-order valence-electron chi connectivity index (χ0n) is 10.8. The molecule has 6 heteroatoms. The molecule has 1 aromatic rings. The largest absolute Gasteiger partial charge is 0.347 e. The third-order valence-electron chi connectivity index (χ3n) is 2.59. The third kappa shape index (κ3) is 4.14. The molecule has 1 heterocycles. The van der Waals surface area contributed by atoms with E-state index >= 15 is 0 Å². The molecule has 0 fully saturated rings. The van der Waals surface area contributed by atoms with Crippen molar-refractivity contribution in [1.82, 2.24) is 10.6 Å². The maximum atomic E-state index is 11.9. The van der Waals surface area contributed by atoms with Crippen molar-refractivity contribution in [2.45, 2.75) is 6.54 Å². The Kier molecular flexibility index (Phi) is 5.21. The molecule has 0 bridgehead atoms. The van der Waals surface area contributed by atoms with E-state index in [1.807, 2.05) is 36.4 Å². The van der Waals surface area contributed by atoms with Gasteiger partial charge in [-0.25, -0.2) is 0 Å². The van der Waals surface area contributed by atoms with Gasteiger partial charge in [0.05, 0.1) is 6.54 Å². The molecule has 0 aliphatic carbocycles. The van der Waals surface area contributed by atoms with Crippen molar-refractivity contribution < 1.29 is 4.79 Å². The van der Waals surface area contributed by atoms with E-state index in [0.29, 0.717) is 6.54 Å². The van der Waals surface area contributed by atoms with Gasteiger partial charge in [0, 0.05) is 18.5 Å². The smallest absolute Gasteiger partial charge is 0.263 e. The van der Waals surface area contributed by atoms with Crippen LogP contribution < -0.4 is 10.6 Å². The van der Waals surface area contributed by atoms with Crippen LogP contribution in [-0.2, 0) is 11.3 Å². The molecule has 1 amide bonds. The monoisotopic (exact) mass is 286 g/mol. The highest BCUT2D eigenvalue weighted by atomic mass is 32.2. The van der Waals surface area contributed by atoms with Crippen molar-refractivity contribution in [2.24, 2.45) is 4.99 Å². The van der Waals surface area contributed by atoms with Gasteiger partial charge in [-0.1, -0.05) is 42.1 Å². The summed E-state index contributed by atoms with van der Waals surface area (Å²) in [6.45, 7) is 1.16. The van der Waals surface area contributed by atoms with Crippen molar-refractivity contribution >= 4 is 22.8 Å². The zero-order valence-corrected chi connectivity index (χ0v) is 11.6. The number of nitrogens with one attached hydrogen (secondary N) is 2. The van der Waals surface area contributed by atoms with Gasteiger partial charge in [0.15, 0.2) is 5.17 Å². The minimum Gasteiger partial charge on any atom is -0.347 e. The number of carbonyl (C=O) groups is 1.